The zero-order valence-corrected chi connectivity index (χ0v) is 36.7. The number of rotatable bonds is 29. The van der Waals surface area contributed by atoms with E-state index in [9.17, 15) is 43.5 Å². The van der Waals surface area contributed by atoms with Crippen LogP contribution in [0.4, 0.5) is 0 Å². The number of amides is 7. The molecule has 0 aromatic heterocycles. The molecule has 24 nitrogen and oxygen atoms in total. The average molecular weight is 920 g/mol. The predicted octanol–water partition coefficient (Wildman–Crippen LogP) is -4.90. The van der Waals surface area contributed by atoms with E-state index in [0.717, 1.165) is 0 Å². The summed E-state index contributed by atoms with van der Waals surface area (Å²) in [7, 11) is 0. The lowest BCUT2D eigenvalue weighted by atomic mass is 10.0. The molecule has 0 radical (unpaired) electrons. The number of nitrogens with zero attached hydrogens (tertiary/aromatic N) is 3. The molecule has 1 aliphatic rings. The van der Waals surface area contributed by atoms with E-state index >= 15 is 0 Å². The van der Waals surface area contributed by atoms with E-state index in [1.165, 1.54) is 4.90 Å². The van der Waals surface area contributed by atoms with E-state index in [2.05, 4.69) is 49.2 Å². The molecule has 0 unspecified atom stereocenters. The van der Waals surface area contributed by atoms with Crippen molar-refractivity contribution in [3.05, 3.63) is 35.9 Å². The van der Waals surface area contributed by atoms with Crippen LogP contribution in [-0.2, 0) is 44.8 Å². The predicted molar refractivity (Wildman–Crippen MR) is 241 cm³/mol. The number of hydrogen-bond donors (Lipinski definition) is 14. The van der Waals surface area contributed by atoms with Crippen LogP contribution in [-0.4, -0.2) is 143 Å². The molecule has 2 rings (SSSR count). The van der Waals surface area contributed by atoms with Crippen molar-refractivity contribution in [2.45, 2.75) is 113 Å². The number of likely N-dealkylation sites (tertiary alicyclic amines) is 1. The molecule has 1 fully saturated rings. The summed E-state index contributed by atoms with van der Waals surface area (Å²) >= 11 is 4.30. The number of unbranched alkanes of at least 4 members (excludes halogenated alkanes) is 1. The minimum atomic E-state index is -1.36. The molecule has 0 aliphatic carbocycles. The van der Waals surface area contributed by atoms with Gasteiger partial charge in [-0.05, 0) is 69.9 Å². The molecule has 0 saturated carbocycles. The molecule has 20 N–H and O–H groups in total. The lowest BCUT2D eigenvalue weighted by Crippen LogP contribution is -2.60. The van der Waals surface area contributed by atoms with Crippen LogP contribution < -0.4 is 66.7 Å². The Hall–Kier alpha value is -6.21. The maximum atomic E-state index is 14.2. The Balaban J connectivity index is 2.34. The van der Waals surface area contributed by atoms with Crippen molar-refractivity contribution in [1.82, 2.24) is 31.5 Å². The van der Waals surface area contributed by atoms with E-state index in [1.807, 2.05) is 0 Å². The third kappa shape index (κ3) is 19.5. The third-order valence-corrected chi connectivity index (χ3v) is 10.4. The van der Waals surface area contributed by atoms with Gasteiger partial charge in [0.1, 0.15) is 36.3 Å². The van der Waals surface area contributed by atoms with E-state index < -0.39 is 96.0 Å². The van der Waals surface area contributed by atoms with Crippen molar-refractivity contribution in [1.29, 1.82) is 0 Å². The number of hydrogen-bond acceptors (Lipinski definition) is 13. The van der Waals surface area contributed by atoms with Gasteiger partial charge in [0.2, 0.25) is 41.4 Å². The summed E-state index contributed by atoms with van der Waals surface area (Å²) in [6.45, 7) is 0.658. The molecule has 356 valence electrons. The first-order valence-electron chi connectivity index (χ1n) is 20.9. The lowest BCUT2D eigenvalue weighted by molar-refractivity contribution is -0.145. The van der Waals surface area contributed by atoms with Gasteiger partial charge in [0.05, 0.1) is 12.5 Å². The first kappa shape index (κ1) is 53.9. The van der Waals surface area contributed by atoms with Gasteiger partial charge in [0.25, 0.3) is 0 Å². The van der Waals surface area contributed by atoms with Gasteiger partial charge >= 0.3 is 5.97 Å². The minimum Gasteiger partial charge on any atom is -0.480 e. The SMILES string of the molecule is NCCCC[C@H](NC(=O)[C@@H](N)CC(N)=O)C(=O)N[C@@H](Cc1ccccc1)C(=O)N[C@@H](CS)C(=O)N[C@@H](CCCN=C(N)N)C(=O)N1CCC[C@H]1C(=O)N[C@@H](CCCN=C(N)N)C(=O)O. The molecule has 64 heavy (non-hydrogen) atoms. The molecular weight excluding hydrogens is 855 g/mol. The Labute approximate surface area is 376 Å². The van der Waals surface area contributed by atoms with E-state index in [1.54, 1.807) is 30.3 Å². The highest BCUT2D eigenvalue weighted by Crippen LogP contribution is 2.21. The number of carbonyl (C=O) groups is 8. The van der Waals surface area contributed by atoms with E-state index in [-0.39, 0.29) is 82.3 Å². The van der Waals surface area contributed by atoms with Gasteiger partial charge in [0.15, 0.2) is 11.9 Å². The van der Waals surface area contributed by atoms with E-state index in [4.69, 9.17) is 40.1 Å². The Morgan fingerprint density at radius 1 is 0.703 bits per heavy atom. The second-order valence-corrected chi connectivity index (χ2v) is 15.5. The van der Waals surface area contributed by atoms with E-state index in [0.29, 0.717) is 31.4 Å². The summed E-state index contributed by atoms with van der Waals surface area (Å²) < 4.78 is 0. The van der Waals surface area contributed by atoms with Crippen LogP contribution in [0.3, 0.4) is 0 Å². The highest BCUT2D eigenvalue weighted by Gasteiger charge is 2.39. The smallest absolute Gasteiger partial charge is 0.326 e. The average Bonchev–Trinajstić information content (AvgIpc) is 3.74. The fourth-order valence-electron chi connectivity index (χ4n) is 6.71. The summed E-state index contributed by atoms with van der Waals surface area (Å²) in [5, 5.41) is 22.7. The topological polar surface area (TPSA) is 427 Å². The lowest BCUT2D eigenvalue weighted by Gasteiger charge is -2.30. The minimum absolute atomic E-state index is 0.00494. The molecular formula is C39H65N15O9S. The summed E-state index contributed by atoms with van der Waals surface area (Å²) in [4.78, 5) is 115. The van der Waals surface area contributed by atoms with Crippen molar-refractivity contribution in [3.63, 3.8) is 0 Å². The molecule has 0 spiro atoms. The molecule has 7 atom stereocenters. The van der Waals surface area contributed by atoms with Crippen LogP contribution in [0.5, 0.6) is 0 Å². The Morgan fingerprint density at radius 3 is 1.80 bits per heavy atom. The fourth-order valence-corrected chi connectivity index (χ4v) is 6.97. The van der Waals surface area contributed by atoms with Crippen molar-refractivity contribution < 1.29 is 43.5 Å². The van der Waals surface area contributed by atoms with Crippen LogP contribution >= 0.6 is 12.6 Å². The number of primary amides is 1. The number of guanidine groups is 2. The number of aliphatic carboxylic acids is 1. The van der Waals surface area contributed by atoms with Crippen LogP contribution in [0.15, 0.2) is 40.3 Å². The van der Waals surface area contributed by atoms with Crippen LogP contribution in [0.1, 0.15) is 69.8 Å². The summed E-state index contributed by atoms with van der Waals surface area (Å²) in [6, 6.07) is -0.151. The highest BCUT2D eigenvalue weighted by atomic mass is 32.1. The van der Waals surface area contributed by atoms with Crippen molar-refractivity contribution >= 4 is 71.9 Å². The zero-order valence-electron chi connectivity index (χ0n) is 35.8. The van der Waals surface area contributed by atoms with Crippen molar-refractivity contribution in [2.75, 3.05) is 31.9 Å². The zero-order chi connectivity index (χ0) is 47.8. The number of carboxylic acid groups (broad SMARTS) is 1. The van der Waals surface area contributed by atoms with Gasteiger partial charge in [-0.25, -0.2) is 4.79 Å². The van der Waals surface area contributed by atoms with Crippen LogP contribution in [0.2, 0.25) is 0 Å². The Kier molecular flexibility index (Phi) is 24.0. The molecule has 25 heteroatoms. The largest absolute Gasteiger partial charge is 0.480 e. The second-order valence-electron chi connectivity index (χ2n) is 15.2. The molecule has 1 aromatic rings. The second kappa shape index (κ2) is 28.5. The quantitative estimate of drug-likeness (QED) is 0.0155. The number of carbonyl (C=O) groups excluding carboxylic acids is 7. The van der Waals surface area contributed by atoms with Crippen LogP contribution in [0, 0.1) is 0 Å². The number of aliphatic imine (C=N–C) groups is 2. The molecule has 1 heterocycles. The van der Waals surface area contributed by atoms with Crippen molar-refractivity contribution in [2.24, 2.45) is 50.1 Å². The molecule has 1 saturated heterocycles. The Morgan fingerprint density at radius 2 is 1.23 bits per heavy atom. The number of nitrogens with two attached hydrogens (primary N) is 7. The van der Waals surface area contributed by atoms with Crippen LogP contribution in [0.25, 0.3) is 0 Å². The van der Waals surface area contributed by atoms with Gasteiger partial charge in [-0.1, -0.05) is 30.3 Å². The Bertz CT molecular complexity index is 1800. The summed E-state index contributed by atoms with van der Waals surface area (Å²) in [5.41, 5.74) is 38.9. The first-order valence-corrected chi connectivity index (χ1v) is 21.6. The van der Waals surface area contributed by atoms with Gasteiger partial charge in [-0.2, -0.15) is 12.6 Å². The number of thiol groups is 1. The monoisotopic (exact) mass is 919 g/mol. The molecule has 7 amide bonds. The first-order chi connectivity index (χ1) is 30.4. The summed E-state index contributed by atoms with van der Waals surface area (Å²) in [6.07, 6.45) is 1.59. The standard InChI is InChI=1S/C39H65N15O9S/c40-15-5-4-11-24(49-31(56)23(41)20-30(42)55)32(57)52-27(19-22-9-2-1-3-10-22)33(58)53-28(21-64)34(59)50-25(12-6-16-47-38(43)44)36(61)54-18-8-14-29(54)35(60)51-26(37(62)63)13-7-17-48-39(45)46/h1-3,9-10,23-29,64H,4-8,11-21,40-41H2,(H2,42,55)(H,49,56)(H,50,59)(H,51,60)(H,52,57)(H,53,58)(H,62,63)(H4,43,44,47)(H4,45,46,48)/t23-,24-,25-,26-,27-,28-,29-/m0/s1. The molecule has 1 aliphatic heterocycles. The normalized spacial score (nSPS) is 16.0. The number of carboxylic acids is 1. The van der Waals surface area contributed by atoms with Gasteiger partial charge in [-0.15, -0.1) is 0 Å². The maximum absolute atomic E-state index is 14.2. The molecule has 1 aromatic carbocycles. The van der Waals surface area contributed by atoms with Gasteiger partial charge in [0, 0.05) is 31.8 Å². The number of nitrogens with one attached hydrogen (secondary N) is 5. The van der Waals surface area contributed by atoms with Gasteiger partial charge in [-0.3, -0.25) is 43.5 Å². The third-order valence-electron chi connectivity index (χ3n) is 10.0. The maximum Gasteiger partial charge on any atom is 0.326 e. The summed E-state index contributed by atoms with van der Waals surface area (Å²) in [5.74, 6) is -7.27. The molecule has 0 bridgehead atoms. The van der Waals surface area contributed by atoms with Crippen molar-refractivity contribution in [3.8, 4) is 0 Å². The van der Waals surface area contributed by atoms with Gasteiger partial charge < -0.3 is 76.7 Å². The fraction of sp³-hybridized carbons (Fsp3) is 0.590. The highest BCUT2D eigenvalue weighted by molar-refractivity contribution is 7.80. The number of benzene rings is 1.